The molecule has 1 atom stereocenters. The number of benzene rings is 3. The quantitative estimate of drug-likeness (QED) is 0.587. The highest BCUT2D eigenvalue weighted by molar-refractivity contribution is 9.10. The molecule has 3 nitrogen and oxygen atoms in total. The van der Waals surface area contributed by atoms with Crippen LogP contribution in [0, 0.1) is 0 Å². The van der Waals surface area contributed by atoms with Gasteiger partial charge in [0.15, 0.2) is 0 Å². The molecular formula is C22H20BrNO2. The second-order valence-corrected chi connectivity index (χ2v) is 7.76. The van der Waals surface area contributed by atoms with E-state index in [-0.39, 0.29) is 17.9 Å². The highest BCUT2D eigenvalue weighted by Crippen LogP contribution is 2.43. The minimum atomic E-state index is 0.0350. The fraction of sp³-hybridized carbons (Fsp3) is 0.227. The zero-order valence-electron chi connectivity index (χ0n) is 14.8. The average molecular weight is 410 g/mol. The van der Waals surface area contributed by atoms with E-state index >= 15 is 0 Å². The zero-order chi connectivity index (χ0) is 18.3. The molecule has 0 aromatic heterocycles. The van der Waals surface area contributed by atoms with Crippen LogP contribution in [0.5, 0.6) is 5.75 Å². The number of carbonyl (C=O) groups excluding carboxylic acids is 1. The first-order valence-corrected chi connectivity index (χ1v) is 9.60. The van der Waals surface area contributed by atoms with Crippen LogP contribution in [-0.2, 0) is 4.79 Å². The summed E-state index contributed by atoms with van der Waals surface area (Å²) < 4.78 is 6.79. The number of hydrogen-bond acceptors (Lipinski definition) is 2. The molecule has 4 rings (SSSR count). The Balaban J connectivity index is 1.81. The molecule has 3 aromatic rings. The van der Waals surface area contributed by atoms with Crippen LogP contribution in [0.3, 0.4) is 0 Å². The van der Waals surface area contributed by atoms with Crippen LogP contribution in [0.2, 0.25) is 0 Å². The van der Waals surface area contributed by atoms with Crippen molar-refractivity contribution in [3.8, 4) is 5.75 Å². The van der Waals surface area contributed by atoms with E-state index in [0.717, 1.165) is 37.8 Å². The zero-order valence-corrected chi connectivity index (χ0v) is 16.3. The molecule has 0 fully saturated rings. The summed E-state index contributed by atoms with van der Waals surface area (Å²) in [6.07, 6.45) is 0.590. The first-order valence-electron chi connectivity index (χ1n) is 8.80. The first-order chi connectivity index (χ1) is 12.5. The molecule has 0 aliphatic carbocycles. The predicted octanol–water partition coefficient (Wildman–Crippen LogP) is 5.86. The summed E-state index contributed by atoms with van der Waals surface area (Å²) in [5, 5.41) is 5.25. The van der Waals surface area contributed by atoms with Gasteiger partial charge in [-0.05, 0) is 48.6 Å². The Morgan fingerprint density at radius 3 is 2.46 bits per heavy atom. The minimum absolute atomic E-state index is 0.0350. The van der Waals surface area contributed by atoms with Crippen LogP contribution in [0.4, 0.5) is 5.69 Å². The van der Waals surface area contributed by atoms with Crippen LogP contribution >= 0.6 is 15.9 Å². The van der Waals surface area contributed by atoms with Crippen LogP contribution in [0.15, 0.2) is 59.1 Å². The van der Waals surface area contributed by atoms with Crippen LogP contribution in [0.25, 0.3) is 10.8 Å². The van der Waals surface area contributed by atoms with E-state index in [9.17, 15) is 4.79 Å². The Hall–Kier alpha value is -2.33. The molecule has 0 radical (unpaired) electrons. The SMILES string of the molecule is CC(C)Oc1ccc([C@H]2CC(=O)Nc3c2cc(Br)c2ccccc32)cc1. The van der Waals surface area contributed by atoms with Crippen LogP contribution < -0.4 is 10.1 Å². The second kappa shape index (κ2) is 6.76. The third-order valence-corrected chi connectivity index (χ3v) is 5.36. The molecule has 1 aliphatic heterocycles. The summed E-state index contributed by atoms with van der Waals surface area (Å²) in [4.78, 5) is 12.4. The van der Waals surface area contributed by atoms with E-state index in [0.29, 0.717) is 6.42 Å². The number of ether oxygens (including phenoxy) is 1. The second-order valence-electron chi connectivity index (χ2n) is 6.91. The lowest BCUT2D eigenvalue weighted by atomic mass is 9.83. The van der Waals surface area contributed by atoms with Crippen molar-refractivity contribution in [3.05, 3.63) is 70.2 Å². The van der Waals surface area contributed by atoms with Crippen molar-refractivity contribution in [3.63, 3.8) is 0 Å². The Bertz CT molecular complexity index is 979. The monoisotopic (exact) mass is 409 g/mol. The molecule has 0 bridgehead atoms. The van der Waals surface area contributed by atoms with Gasteiger partial charge in [-0.3, -0.25) is 4.79 Å². The average Bonchev–Trinajstić information content (AvgIpc) is 2.62. The largest absolute Gasteiger partial charge is 0.491 e. The summed E-state index contributed by atoms with van der Waals surface area (Å²) in [5.74, 6) is 0.939. The van der Waals surface area contributed by atoms with Crippen molar-refractivity contribution in [2.24, 2.45) is 0 Å². The topological polar surface area (TPSA) is 38.3 Å². The lowest BCUT2D eigenvalue weighted by molar-refractivity contribution is -0.116. The molecule has 3 aromatic carbocycles. The summed E-state index contributed by atoms with van der Waals surface area (Å²) in [6, 6.07) is 18.4. The number of fused-ring (bicyclic) bond motifs is 3. The molecule has 0 unspecified atom stereocenters. The van der Waals surface area contributed by atoms with E-state index in [1.54, 1.807) is 0 Å². The normalized spacial score (nSPS) is 16.5. The molecule has 26 heavy (non-hydrogen) atoms. The van der Waals surface area contributed by atoms with Crippen molar-refractivity contribution in [1.82, 2.24) is 0 Å². The maximum atomic E-state index is 12.4. The lowest BCUT2D eigenvalue weighted by Crippen LogP contribution is -2.23. The number of halogens is 1. The molecule has 0 saturated carbocycles. The summed E-state index contributed by atoms with van der Waals surface area (Å²) in [7, 11) is 0. The molecule has 1 N–H and O–H groups in total. The minimum Gasteiger partial charge on any atom is -0.491 e. The van der Waals surface area contributed by atoms with Crippen LogP contribution in [0.1, 0.15) is 37.3 Å². The first kappa shape index (κ1) is 17.1. The molecule has 4 heteroatoms. The molecule has 0 spiro atoms. The Morgan fingerprint density at radius 1 is 1.08 bits per heavy atom. The number of nitrogens with one attached hydrogen (secondary N) is 1. The van der Waals surface area contributed by atoms with Gasteiger partial charge in [-0.2, -0.15) is 0 Å². The van der Waals surface area contributed by atoms with Crippen molar-refractivity contribution in [2.45, 2.75) is 32.3 Å². The molecule has 0 saturated heterocycles. The number of amides is 1. The van der Waals surface area contributed by atoms with Gasteiger partial charge in [0.25, 0.3) is 0 Å². The van der Waals surface area contributed by atoms with Crippen molar-refractivity contribution in [1.29, 1.82) is 0 Å². The Morgan fingerprint density at radius 2 is 1.77 bits per heavy atom. The highest BCUT2D eigenvalue weighted by Gasteiger charge is 2.28. The van der Waals surface area contributed by atoms with Crippen LogP contribution in [-0.4, -0.2) is 12.0 Å². The molecule has 132 valence electrons. The van der Waals surface area contributed by atoms with Gasteiger partial charge in [-0.25, -0.2) is 0 Å². The summed E-state index contributed by atoms with van der Waals surface area (Å²) in [6.45, 7) is 4.02. The van der Waals surface area contributed by atoms with Gasteiger partial charge in [0.2, 0.25) is 5.91 Å². The van der Waals surface area contributed by atoms with Crippen molar-refractivity contribution < 1.29 is 9.53 Å². The fourth-order valence-corrected chi connectivity index (χ4v) is 4.19. The van der Waals surface area contributed by atoms with E-state index in [4.69, 9.17) is 4.74 Å². The van der Waals surface area contributed by atoms with Gasteiger partial charge in [0.1, 0.15) is 5.75 Å². The molecule has 1 aliphatic rings. The highest BCUT2D eigenvalue weighted by atomic mass is 79.9. The molecule has 1 heterocycles. The molecule has 1 amide bonds. The fourth-order valence-electron chi connectivity index (χ4n) is 3.60. The standard InChI is InChI=1S/C22H20BrNO2/c1-13(2)26-15-9-7-14(8-10-15)18-12-21(25)24-22-17-6-4-3-5-16(17)20(23)11-19(18)22/h3-11,13,18H,12H2,1-2H3,(H,24,25)/t18-/m1/s1. The van der Waals surface area contributed by atoms with E-state index in [1.807, 2.05) is 38.1 Å². The molecular weight excluding hydrogens is 390 g/mol. The number of anilines is 1. The smallest absolute Gasteiger partial charge is 0.225 e. The maximum absolute atomic E-state index is 12.4. The number of carbonyl (C=O) groups is 1. The Labute approximate surface area is 161 Å². The number of rotatable bonds is 3. The predicted molar refractivity (Wildman–Crippen MR) is 109 cm³/mol. The van der Waals surface area contributed by atoms with Crippen molar-refractivity contribution in [2.75, 3.05) is 5.32 Å². The lowest BCUT2D eigenvalue weighted by Gasteiger charge is -2.28. The van der Waals surface area contributed by atoms with E-state index in [2.05, 4.69) is 51.6 Å². The van der Waals surface area contributed by atoms with Gasteiger partial charge in [0, 0.05) is 22.2 Å². The van der Waals surface area contributed by atoms with Gasteiger partial charge in [-0.1, -0.05) is 52.3 Å². The van der Waals surface area contributed by atoms with Gasteiger partial charge in [-0.15, -0.1) is 0 Å². The van der Waals surface area contributed by atoms with Gasteiger partial charge in [0.05, 0.1) is 11.8 Å². The summed E-state index contributed by atoms with van der Waals surface area (Å²) in [5.41, 5.74) is 3.19. The number of hydrogen-bond donors (Lipinski definition) is 1. The summed E-state index contributed by atoms with van der Waals surface area (Å²) >= 11 is 3.70. The van der Waals surface area contributed by atoms with Gasteiger partial charge < -0.3 is 10.1 Å². The third kappa shape index (κ3) is 3.10. The van der Waals surface area contributed by atoms with Crippen molar-refractivity contribution >= 4 is 38.3 Å². The Kier molecular flexibility index (Phi) is 4.45. The van der Waals surface area contributed by atoms with E-state index < -0.39 is 0 Å². The van der Waals surface area contributed by atoms with Gasteiger partial charge >= 0.3 is 0 Å². The third-order valence-electron chi connectivity index (χ3n) is 4.71. The van der Waals surface area contributed by atoms with E-state index in [1.165, 1.54) is 0 Å². The maximum Gasteiger partial charge on any atom is 0.225 e.